The van der Waals surface area contributed by atoms with E-state index in [9.17, 15) is 0 Å². The summed E-state index contributed by atoms with van der Waals surface area (Å²) in [5, 5.41) is 0. The monoisotopic (exact) mass is 431 g/mol. The lowest BCUT2D eigenvalue weighted by Crippen LogP contribution is -2.74. The normalized spacial score (nSPS) is 31.2. The van der Waals surface area contributed by atoms with Gasteiger partial charge in [0.2, 0.25) is 0 Å². The summed E-state index contributed by atoms with van der Waals surface area (Å²) in [6, 6.07) is 15.1. The first-order valence-corrected chi connectivity index (χ1v) is 12.5. The van der Waals surface area contributed by atoms with Gasteiger partial charge in [-0.3, -0.25) is 0 Å². The minimum absolute atomic E-state index is 0.0952. The number of piperidine rings is 2. The van der Waals surface area contributed by atoms with Gasteiger partial charge in [-0.05, 0) is 72.6 Å². The molecule has 4 heteroatoms. The van der Waals surface area contributed by atoms with Crippen LogP contribution in [0.25, 0.3) is 0 Å². The summed E-state index contributed by atoms with van der Waals surface area (Å²) in [6.07, 6.45) is 3.64. The van der Waals surface area contributed by atoms with Crippen LogP contribution >= 0.6 is 0 Å². The van der Waals surface area contributed by atoms with Crippen molar-refractivity contribution in [3.8, 4) is 11.5 Å². The zero-order valence-electron chi connectivity index (χ0n) is 20.8. The number of rotatable bonds is 4. The number of hydrogen-bond acceptors (Lipinski definition) is 3. The molecule has 32 heavy (non-hydrogen) atoms. The van der Waals surface area contributed by atoms with Gasteiger partial charge in [0, 0.05) is 11.2 Å². The first-order valence-electron chi connectivity index (χ1n) is 12.5. The molecule has 3 nitrogen and oxygen atoms in total. The van der Waals surface area contributed by atoms with Crippen LogP contribution in [0.3, 0.4) is 0 Å². The highest BCUT2D eigenvalue weighted by molar-refractivity contribution is 6.51. The fourth-order valence-electron chi connectivity index (χ4n) is 6.75. The molecule has 0 aromatic heterocycles. The third-order valence-electron chi connectivity index (χ3n) is 8.79. The number of para-hydroxylation sites is 3. The Morgan fingerprint density at radius 2 is 1.44 bits per heavy atom. The highest BCUT2D eigenvalue weighted by Gasteiger charge is 2.65. The van der Waals surface area contributed by atoms with Crippen molar-refractivity contribution in [2.75, 3.05) is 4.90 Å². The molecule has 2 saturated heterocycles. The minimum atomic E-state index is -0.292. The average molecular weight is 431 g/mol. The summed E-state index contributed by atoms with van der Waals surface area (Å²) in [4.78, 5) is 2.78. The van der Waals surface area contributed by atoms with Gasteiger partial charge in [0.1, 0.15) is 11.5 Å². The molecule has 4 atom stereocenters. The maximum absolute atomic E-state index is 6.55. The standard InChI is InChI=1S/C28H38BNO2/c1-18(2)21-11-10-12-22(19(3)4)25(21)30-26(28(7)16-15-27(30,6)17-20(28)5)29-31-23-13-8-9-14-24(23)32-29/h8-14,18-20,26H,15-17H2,1-7H3/t20-,26-,27-,28+/m0/s1. The Morgan fingerprint density at radius 1 is 0.875 bits per heavy atom. The van der Waals surface area contributed by atoms with Gasteiger partial charge in [0.25, 0.3) is 0 Å². The predicted molar refractivity (Wildman–Crippen MR) is 134 cm³/mol. The molecule has 1 aliphatic carbocycles. The summed E-state index contributed by atoms with van der Waals surface area (Å²) in [7, 11) is -0.292. The highest BCUT2D eigenvalue weighted by atomic mass is 16.6. The summed E-state index contributed by atoms with van der Waals surface area (Å²) >= 11 is 0. The van der Waals surface area contributed by atoms with Crippen molar-refractivity contribution < 1.29 is 9.31 Å². The van der Waals surface area contributed by atoms with Gasteiger partial charge in [-0.15, -0.1) is 0 Å². The molecule has 0 unspecified atom stereocenters. The van der Waals surface area contributed by atoms with Crippen molar-refractivity contribution in [2.45, 2.75) is 91.0 Å². The lowest BCUT2D eigenvalue weighted by atomic mass is 9.46. The number of fused-ring (bicyclic) bond motifs is 4. The molecule has 0 N–H and O–H groups in total. The quantitative estimate of drug-likeness (QED) is 0.478. The highest BCUT2D eigenvalue weighted by Crippen LogP contribution is 2.60. The second-order valence-electron chi connectivity index (χ2n) is 11.6. The molecule has 3 heterocycles. The molecule has 4 aliphatic rings. The Labute approximate surface area is 194 Å². The molecule has 6 rings (SSSR count). The number of hydrogen-bond donors (Lipinski definition) is 0. The Kier molecular flexibility index (Phi) is 5.07. The average Bonchev–Trinajstić information content (AvgIpc) is 3.17. The Balaban J connectivity index is 1.70. The lowest BCUT2D eigenvalue weighted by Gasteiger charge is -2.66. The third-order valence-corrected chi connectivity index (χ3v) is 8.79. The Hall–Kier alpha value is -2.10. The van der Waals surface area contributed by atoms with E-state index in [1.807, 2.05) is 24.3 Å². The van der Waals surface area contributed by atoms with Crippen LogP contribution in [-0.2, 0) is 0 Å². The smallest absolute Gasteiger partial charge is 0.522 e. The molecule has 2 aromatic rings. The van der Waals surface area contributed by atoms with Crippen LogP contribution in [0.5, 0.6) is 11.5 Å². The van der Waals surface area contributed by atoms with Gasteiger partial charge in [-0.25, -0.2) is 0 Å². The molecule has 0 spiro atoms. The first-order chi connectivity index (χ1) is 15.2. The van der Waals surface area contributed by atoms with Crippen molar-refractivity contribution in [1.29, 1.82) is 0 Å². The van der Waals surface area contributed by atoms with E-state index in [-0.39, 0.29) is 24.0 Å². The molecule has 170 valence electrons. The van der Waals surface area contributed by atoms with Gasteiger partial charge < -0.3 is 14.2 Å². The van der Waals surface area contributed by atoms with Crippen molar-refractivity contribution in [3.05, 3.63) is 53.6 Å². The van der Waals surface area contributed by atoms with Gasteiger partial charge in [0.15, 0.2) is 0 Å². The molecule has 1 saturated carbocycles. The zero-order valence-corrected chi connectivity index (χ0v) is 20.8. The number of anilines is 1. The second kappa shape index (κ2) is 7.47. The van der Waals surface area contributed by atoms with Gasteiger partial charge in [-0.2, -0.15) is 0 Å². The molecular weight excluding hydrogens is 393 g/mol. The molecule has 3 fully saturated rings. The predicted octanol–water partition coefficient (Wildman–Crippen LogP) is 7.21. The summed E-state index contributed by atoms with van der Waals surface area (Å²) in [5.41, 5.74) is 4.55. The van der Waals surface area contributed by atoms with Crippen molar-refractivity contribution in [2.24, 2.45) is 11.3 Å². The third kappa shape index (κ3) is 3.09. The van der Waals surface area contributed by atoms with Crippen LogP contribution in [-0.4, -0.2) is 18.6 Å². The van der Waals surface area contributed by atoms with Crippen LogP contribution in [0.2, 0.25) is 0 Å². The van der Waals surface area contributed by atoms with Gasteiger partial charge >= 0.3 is 7.12 Å². The number of nitrogens with zero attached hydrogens (tertiary/aromatic N) is 1. The van der Waals surface area contributed by atoms with Crippen LogP contribution in [0, 0.1) is 11.3 Å². The van der Waals surface area contributed by atoms with Crippen molar-refractivity contribution >= 4 is 12.8 Å². The molecule has 2 bridgehead atoms. The second-order valence-corrected chi connectivity index (χ2v) is 11.6. The molecule has 3 aliphatic heterocycles. The summed E-state index contributed by atoms with van der Waals surface area (Å²) < 4.78 is 13.1. The van der Waals surface area contributed by atoms with Gasteiger partial charge in [-0.1, -0.05) is 71.9 Å². The first kappa shape index (κ1) is 21.7. The van der Waals surface area contributed by atoms with Crippen LogP contribution in [0.4, 0.5) is 5.69 Å². The molecular formula is C28H38BNO2. The SMILES string of the molecule is CC(C)c1cccc(C(C)C)c1N1[C@H](B2Oc3ccccc3O2)[C@]2(C)CC[C@@]1(C)C[C@@H]2C. The summed E-state index contributed by atoms with van der Waals surface area (Å²) in [6.45, 7) is 16.7. The Bertz CT molecular complexity index is 969. The van der Waals surface area contributed by atoms with E-state index in [0.717, 1.165) is 11.5 Å². The lowest BCUT2D eigenvalue weighted by molar-refractivity contribution is 0.00684. The molecule has 2 aromatic carbocycles. The van der Waals surface area contributed by atoms with Crippen LogP contribution in [0.1, 0.15) is 90.7 Å². The largest absolute Gasteiger partial charge is 0.619 e. The van der Waals surface area contributed by atoms with E-state index in [0.29, 0.717) is 17.8 Å². The van der Waals surface area contributed by atoms with E-state index < -0.39 is 0 Å². The van der Waals surface area contributed by atoms with E-state index in [2.05, 4.69) is 71.6 Å². The fourth-order valence-corrected chi connectivity index (χ4v) is 6.75. The van der Waals surface area contributed by atoms with Crippen LogP contribution < -0.4 is 14.2 Å². The van der Waals surface area contributed by atoms with E-state index in [1.54, 1.807) is 0 Å². The van der Waals surface area contributed by atoms with Crippen molar-refractivity contribution in [1.82, 2.24) is 0 Å². The van der Waals surface area contributed by atoms with Gasteiger partial charge in [0.05, 0.1) is 5.94 Å². The number of benzene rings is 2. The van der Waals surface area contributed by atoms with Crippen LogP contribution in [0.15, 0.2) is 42.5 Å². The zero-order chi connectivity index (χ0) is 22.8. The maximum Gasteiger partial charge on any atom is 0.619 e. The molecule has 0 radical (unpaired) electrons. The van der Waals surface area contributed by atoms with E-state index >= 15 is 0 Å². The topological polar surface area (TPSA) is 21.7 Å². The van der Waals surface area contributed by atoms with E-state index in [4.69, 9.17) is 9.31 Å². The van der Waals surface area contributed by atoms with E-state index in [1.165, 1.54) is 36.1 Å². The summed E-state index contributed by atoms with van der Waals surface area (Å²) in [5.74, 6) is 3.45. The Morgan fingerprint density at radius 3 is 1.94 bits per heavy atom. The minimum Gasteiger partial charge on any atom is -0.522 e. The maximum atomic E-state index is 6.55. The van der Waals surface area contributed by atoms with Crippen molar-refractivity contribution in [3.63, 3.8) is 0 Å². The molecule has 0 amide bonds. The fraction of sp³-hybridized carbons (Fsp3) is 0.571.